The molecule has 7 aromatic rings. The van der Waals surface area contributed by atoms with Crippen LogP contribution in [-0.2, 0) is 0 Å². The van der Waals surface area contributed by atoms with E-state index >= 15 is 0 Å². The molecule has 0 aliphatic rings. The molecule has 0 saturated heterocycles. The monoisotopic (exact) mass is 1060 g/mol. The summed E-state index contributed by atoms with van der Waals surface area (Å²) in [6, 6.07) is 33.1. The number of thiophene rings is 2. The van der Waals surface area contributed by atoms with Crippen molar-refractivity contribution in [3.63, 3.8) is 0 Å². The molecular weight excluding hydrogens is 981 g/mol. The second kappa shape index (κ2) is 39.5. The number of terminal acetylenes is 1. The molecule has 366 valence electrons. The average Bonchev–Trinajstić information content (AvgIpc) is 4.12. The second-order valence-electron chi connectivity index (χ2n) is 18.0. The summed E-state index contributed by atoms with van der Waals surface area (Å²) in [7, 11) is 0. The van der Waals surface area contributed by atoms with E-state index in [0.29, 0.717) is 51.1 Å². The van der Waals surface area contributed by atoms with Gasteiger partial charge in [-0.2, -0.15) is 11.3 Å². The minimum atomic E-state index is 0.412. The number of rotatable bonds is 6. The molecule has 7 rings (SSSR count). The van der Waals surface area contributed by atoms with Crippen molar-refractivity contribution in [3.05, 3.63) is 165 Å². The highest BCUT2D eigenvalue weighted by Crippen LogP contribution is 2.24. The molecule has 0 amide bonds. The van der Waals surface area contributed by atoms with E-state index in [4.69, 9.17) is 19.7 Å². The van der Waals surface area contributed by atoms with Crippen LogP contribution in [0.4, 0.5) is 0 Å². The van der Waals surface area contributed by atoms with Crippen molar-refractivity contribution in [2.75, 3.05) is 0 Å². The molecule has 0 N–H and O–H groups in total. The lowest BCUT2D eigenvalue weighted by Gasteiger charge is -2.01. The Balaban J connectivity index is 0. The summed E-state index contributed by atoms with van der Waals surface area (Å²) in [4.78, 5) is 2.77. The maximum absolute atomic E-state index is 5.63. The molecule has 66 heavy (non-hydrogen) atoms. The summed E-state index contributed by atoms with van der Waals surface area (Å²) >= 11 is 10.1. The fourth-order valence-electron chi connectivity index (χ4n) is 4.57. The Morgan fingerprint density at radius 2 is 1.03 bits per heavy atom. The van der Waals surface area contributed by atoms with Crippen LogP contribution in [0.25, 0.3) is 11.0 Å². The number of para-hydroxylation sites is 1. The fraction of sp³-hybridized carbons (Fsp3) is 0.458. The van der Waals surface area contributed by atoms with Gasteiger partial charge in [0.1, 0.15) is 17.1 Å². The van der Waals surface area contributed by atoms with Crippen LogP contribution in [0, 0.1) is 18.3 Å². The predicted molar refractivity (Wildman–Crippen MR) is 305 cm³/mol. The molecule has 0 fully saturated rings. The third-order valence-corrected chi connectivity index (χ3v) is 10.3. The van der Waals surface area contributed by atoms with Crippen molar-refractivity contribution in [3.8, 4) is 12.3 Å². The van der Waals surface area contributed by atoms with Crippen LogP contribution in [0.15, 0.2) is 145 Å². The van der Waals surface area contributed by atoms with Gasteiger partial charge in [-0.05, 0) is 99.0 Å². The molecule has 0 spiro atoms. The highest BCUT2D eigenvalue weighted by molar-refractivity contribution is 9.09. The van der Waals surface area contributed by atoms with Crippen molar-refractivity contribution in [1.29, 1.82) is 0 Å². The summed E-state index contributed by atoms with van der Waals surface area (Å²) in [6.07, 6.45) is 10.1. The molecule has 3 nitrogen and oxygen atoms in total. The van der Waals surface area contributed by atoms with Gasteiger partial charge in [-0.3, -0.25) is 0 Å². The van der Waals surface area contributed by atoms with Crippen LogP contribution in [-0.4, -0.2) is 9.65 Å². The Labute approximate surface area is 428 Å². The maximum atomic E-state index is 5.63. The van der Waals surface area contributed by atoms with Gasteiger partial charge in [-0.25, -0.2) is 0 Å². The standard InChI is InChI=1S/C11H12O.C9H12.2C7H10O.2C7H10S.C5H8.2C3H7Br/c1-8(2)11-7-9-5-3-4-6-10(9)12-11;1-8(2)9-6-4-3-5-7-9;1-6(2)7-3-4-8-5-7;1-6(2)7-4-3-5-8-7;1-6(2)7-3-4-8-5-7;1-6(2)7-4-3-5-8-7;1-4-5(2)3;2*1-3(2)4/h3-8H,1-2H3;3-8H,1-2H3;4*3-6H,1-2H3;1,5H,2-3H3;2*3H,1-2H3. The molecule has 5 heterocycles. The molecule has 0 aliphatic heterocycles. The average molecular weight is 1070 g/mol. The van der Waals surface area contributed by atoms with E-state index in [0.717, 1.165) is 17.1 Å². The number of benzene rings is 2. The quantitative estimate of drug-likeness (QED) is 0.123. The number of furan rings is 3. The topological polar surface area (TPSA) is 39.4 Å². The van der Waals surface area contributed by atoms with E-state index in [1.165, 1.54) is 27.0 Å². The highest BCUT2D eigenvalue weighted by Gasteiger charge is 2.05. The fourth-order valence-corrected chi connectivity index (χ4v) is 6.14. The summed E-state index contributed by atoms with van der Waals surface area (Å²) in [6.45, 7) is 38.3. The molecule has 0 atom stereocenters. The SMILES string of the molecule is C#CC(C)C.CC(C)Br.CC(C)Br.CC(C)c1cc2ccccc2o1.CC(C)c1ccccc1.CC(C)c1ccco1.CC(C)c1cccs1.CC(C)c1ccoc1.CC(C)c1ccsc1. The molecule has 5 aromatic heterocycles. The van der Waals surface area contributed by atoms with Gasteiger partial charge in [0.15, 0.2) is 0 Å². The van der Waals surface area contributed by atoms with E-state index in [9.17, 15) is 0 Å². The number of hydrogen-bond donors (Lipinski definition) is 0. The lowest BCUT2D eigenvalue weighted by atomic mass is 10.0. The molecule has 0 unspecified atom stereocenters. The van der Waals surface area contributed by atoms with Gasteiger partial charge in [0.05, 0.1) is 18.8 Å². The van der Waals surface area contributed by atoms with Crippen LogP contribution >= 0.6 is 54.5 Å². The second-order valence-corrected chi connectivity index (χ2v) is 23.4. The Bertz CT molecular complexity index is 1860. The normalized spacial score (nSPS) is 10.1. The van der Waals surface area contributed by atoms with Crippen LogP contribution in [0.1, 0.15) is 193 Å². The predicted octanol–water partition coefficient (Wildman–Crippen LogP) is 21.8. The van der Waals surface area contributed by atoms with Gasteiger partial charge >= 0.3 is 0 Å². The van der Waals surface area contributed by atoms with Crippen molar-refractivity contribution in [2.24, 2.45) is 5.92 Å². The Hall–Kier alpha value is -3.54. The smallest absolute Gasteiger partial charge is 0.134 e. The summed E-state index contributed by atoms with van der Waals surface area (Å²) in [5.41, 5.74) is 5.12. The number of hydrogen-bond acceptors (Lipinski definition) is 5. The third-order valence-electron chi connectivity index (χ3n) is 8.46. The molecular formula is C59H86Br2O3S2. The summed E-state index contributed by atoms with van der Waals surface area (Å²) in [5, 5.41) is 7.64. The minimum Gasteiger partial charge on any atom is -0.472 e. The van der Waals surface area contributed by atoms with E-state index < -0.39 is 0 Å². The molecule has 0 aliphatic carbocycles. The van der Waals surface area contributed by atoms with Gasteiger partial charge in [0, 0.05) is 37.7 Å². The highest BCUT2D eigenvalue weighted by atomic mass is 79.9. The Morgan fingerprint density at radius 3 is 1.32 bits per heavy atom. The summed E-state index contributed by atoms with van der Waals surface area (Å²) < 4.78 is 15.6. The molecule has 0 bridgehead atoms. The van der Waals surface area contributed by atoms with Crippen molar-refractivity contribution < 1.29 is 13.3 Å². The Morgan fingerprint density at radius 1 is 0.500 bits per heavy atom. The number of alkyl halides is 2. The van der Waals surface area contributed by atoms with E-state index in [2.05, 4.69) is 219 Å². The number of halogens is 2. The lowest BCUT2D eigenvalue weighted by Crippen LogP contribution is -1.83. The van der Waals surface area contributed by atoms with Gasteiger partial charge in [-0.1, -0.05) is 211 Å². The zero-order valence-corrected chi connectivity index (χ0v) is 48.6. The third kappa shape index (κ3) is 35.6. The van der Waals surface area contributed by atoms with Crippen LogP contribution in [0.2, 0.25) is 0 Å². The molecule has 0 saturated carbocycles. The van der Waals surface area contributed by atoms with E-state index in [-0.39, 0.29) is 0 Å². The van der Waals surface area contributed by atoms with Crippen molar-refractivity contribution in [1.82, 2.24) is 0 Å². The van der Waals surface area contributed by atoms with E-state index in [1.807, 2.05) is 67.6 Å². The van der Waals surface area contributed by atoms with Crippen molar-refractivity contribution in [2.45, 2.75) is 170 Å². The first kappa shape index (κ1) is 64.5. The zero-order chi connectivity index (χ0) is 50.6. The Kier molecular flexibility index (Phi) is 38.6. The summed E-state index contributed by atoms with van der Waals surface area (Å²) in [5.74, 6) is 8.70. The van der Waals surface area contributed by atoms with E-state index in [1.54, 1.807) is 30.1 Å². The van der Waals surface area contributed by atoms with Crippen molar-refractivity contribution >= 4 is 65.5 Å². The van der Waals surface area contributed by atoms with Gasteiger partial charge in [-0.15, -0.1) is 23.7 Å². The first-order chi connectivity index (χ1) is 31.0. The number of fused-ring (bicyclic) bond motifs is 1. The van der Waals surface area contributed by atoms with Crippen LogP contribution in [0.3, 0.4) is 0 Å². The van der Waals surface area contributed by atoms with Crippen LogP contribution in [0.5, 0.6) is 0 Å². The molecule has 2 aromatic carbocycles. The van der Waals surface area contributed by atoms with Crippen LogP contribution < -0.4 is 0 Å². The van der Waals surface area contributed by atoms with Gasteiger partial charge < -0.3 is 13.3 Å². The minimum absolute atomic E-state index is 0.412. The first-order valence-electron chi connectivity index (χ1n) is 23.4. The molecule has 0 radical (unpaired) electrons. The first-order valence-corrected chi connectivity index (χ1v) is 27.1. The zero-order valence-electron chi connectivity index (χ0n) is 43.8. The maximum Gasteiger partial charge on any atom is 0.134 e. The van der Waals surface area contributed by atoms with Gasteiger partial charge in [0.25, 0.3) is 0 Å². The van der Waals surface area contributed by atoms with Gasteiger partial charge in [0.2, 0.25) is 0 Å². The lowest BCUT2D eigenvalue weighted by molar-refractivity contribution is 0.487. The largest absolute Gasteiger partial charge is 0.472 e. The molecule has 7 heteroatoms.